The number of ether oxygens (including phenoxy) is 1. The Kier molecular flexibility index (Phi) is 7.89. The fourth-order valence-electron chi connectivity index (χ4n) is 5.42. The van der Waals surface area contributed by atoms with Crippen molar-refractivity contribution in [3.8, 4) is 0 Å². The van der Waals surface area contributed by atoms with E-state index in [0.29, 0.717) is 29.6 Å². The van der Waals surface area contributed by atoms with Gasteiger partial charge in [-0.05, 0) is 55.4 Å². The van der Waals surface area contributed by atoms with E-state index < -0.39 is 29.8 Å². The molecule has 0 bridgehead atoms. The van der Waals surface area contributed by atoms with Crippen LogP contribution in [0.2, 0.25) is 10.0 Å². The van der Waals surface area contributed by atoms with Gasteiger partial charge in [0.2, 0.25) is 0 Å². The van der Waals surface area contributed by atoms with Crippen molar-refractivity contribution in [2.75, 3.05) is 20.1 Å². The first-order valence-corrected chi connectivity index (χ1v) is 12.6. The monoisotopic (exact) mass is 528 g/mol. The lowest BCUT2D eigenvalue weighted by Gasteiger charge is -2.43. The highest BCUT2D eigenvalue weighted by Crippen LogP contribution is 2.42. The summed E-state index contributed by atoms with van der Waals surface area (Å²) in [5, 5.41) is 4.32. The first-order chi connectivity index (χ1) is 16.6. The highest BCUT2D eigenvalue weighted by Gasteiger charge is 2.50. The second kappa shape index (κ2) is 10.6. The summed E-state index contributed by atoms with van der Waals surface area (Å²) in [4.78, 5) is 15.0. The average Bonchev–Trinajstić information content (AvgIpc) is 3.25. The number of nitrogens with zero attached hydrogens (tertiary/aromatic N) is 1. The molecule has 0 spiro atoms. The van der Waals surface area contributed by atoms with E-state index in [1.165, 1.54) is 0 Å². The van der Waals surface area contributed by atoms with Crippen LogP contribution in [-0.2, 0) is 11.2 Å². The number of halogens is 5. The van der Waals surface area contributed by atoms with Crippen molar-refractivity contribution in [2.45, 2.75) is 55.8 Å². The summed E-state index contributed by atoms with van der Waals surface area (Å²) >= 11 is 12.5. The van der Waals surface area contributed by atoms with Gasteiger partial charge in [0.15, 0.2) is 0 Å². The zero-order valence-electron chi connectivity index (χ0n) is 19.5. The minimum Gasteiger partial charge on any atom is -0.446 e. The van der Waals surface area contributed by atoms with Crippen molar-refractivity contribution < 1.29 is 22.7 Å². The van der Waals surface area contributed by atoms with Crippen LogP contribution in [0.1, 0.15) is 42.7 Å². The molecule has 4 nitrogen and oxygen atoms in total. The Balaban J connectivity index is 1.57. The fraction of sp³-hybridized carbons (Fsp3) is 0.500. The van der Waals surface area contributed by atoms with Gasteiger partial charge in [-0.3, -0.25) is 0 Å². The molecule has 35 heavy (non-hydrogen) atoms. The van der Waals surface area contributed by atoms with Gasteiger partial charge in [-0.15, -0.1) is 0 Å². The Morgan fingerprint density at radius 2 is 1.77 bits per heavy atom. The molecule has 9 heteroatoms. The summed E-state index contributed by atoms with van der Waals surface area (Å²) in [5.74, 6) is -1.42. The second-order valence-electron chi connectivity index (χ2n) is 9.58. The molecule has 1 aliphatic heterocycles. The number of benzene rings is 2. The van der Waals surface area contributed by atoms with E-state index in [-0.39, 0.29) is 31.6 Å². The first kappa shape index (κ1) is 26.1. The Morgan fingerprint density at radius 3 is 2.40 bits per heavy atom. The molecule has 2 fully saturated rings. The topological polar surface area (TPSA) is 41.6 Å². The van der Waals surface area contributed by atoms with Gasteiger partial charge in [0.25, 0.3) is 0 Å². The van der Waals surface area contributed by atoms with Gasteiger partial charge < -0.3 is 15.0 Å². The summed E-state index contributed by atoms with van der Waals surface area (Å²) in [6.45, 7) is 1.15. The second-order valence-corrected chi connectivity index (χ2v) is 10.4. The van der Waals surface area contributed by atoms with Crippen molar-refractivity contribution in [1.29, 1.82) is 0 Å². The van der Waals surface area contributed by atoms with Crippen molar-refractivity contribution in [2.24, 2.45) is 5.92 Å². The summed E-state index contributed by atoms with van der Waals surface area (Å²) in [5.41, 5.74) is 1.34. The predicted molar refractivity (Wildman–Crippen MR) is 131 cm³/mol. The molecule has 0 radical (unpaired) electrons. The largest absolute Gasteiger partial charge is 0.446 e. The van der Waals surface area contributed by atoms with E-state index in [1.807, 2.05) is 42.5 Å². The number of hydrogen-bond donors (Lipinski definition) is 1. The van der Waals surface area contributed by atoms with Crippen LogP contribution >= 0.6 is 23.2 Å². The predicted octanol–water partition coefficient (Wildman–Crippen LogP) is 6.85. The number of amides is 1. The number of likely N-dealkylation sites (N-methyl/N-ethyl adjacent to an activating group) is 1. The van der Waals surface area contributed by atoms with Gasteiger partial charge in [0.05, 0.1) is 21.5 Å². The van der Waals surface area contributed by atoms with Crippen LogP contribution in [0.15, 0.2) is 48.5 Å². The molecule has 2 aromatic rings. The molecule has 2 atom stereocenters. The van der Waals surface area contributed by atoms with Crippen LogP contribution in [0.4, 0.5) is 18.0 Å². The third-order valence-electron chi connectivity index (χ3n) is 7.47. The maximum atomic E-state index is 13.4. The van der Waals surface area contributed by atoms with E-state index in [1.54, 1.807) is 18.0 Å². The molecular weight excluding hydrogens is 500 g/mol. The van der Waals surface area contributed by atoms with E-state index in [4.69, 9.17) is 27.9 Å². The smallest absolute Gasteiger partial charge is 0.410 e. The molecule has 1 saturated carbocycles. The van der Waals surface area contributed by atoms with Crippen LogP contribution in [0.3, 0.4) is 0 Å². The van der Waals surface area contributed by atoms with Gasteiger partial charge in [0.1, 0.15) is 6.10 Å². The van der Waals surface area contributed by atoms with Crippen molar-refractivity contribution in [3.05, 3.63) is 69.7 Å². The number of alkyl halides is 3. The van der Waals surface area contributed by atoms with Crippen molar-refractivity contribution in [3.63, 3.8) is 0 Å². The van der Waals surface area contributed by atoms with E-state index in [9.17, 15) is 18.0 Å². The summed E-state index contributed by atoms with van der Waals surface area (Å²) in [7, 11) is 1.71. The molecule has 0 unspecified atom stereocenters. The molecule has 2 aromatic carbocycles. The minimum atomic E-state index is -4.20. The Morgan fingerprint density at radius 1 is 1.09 bits per heavy atom. The Labute approximate surface area is 213 Å². The lowest BCUT2D eigenvalue weighted by molar-refractivity contribution is -0.186. The van der Waals surface area contributed by atoms with Crippen LogP contribution in [0, 0.1) is 5.92 Å². The number of carbonyl (C=O) groups is 1. The maximum absolute atomic E-state index is 13.4. The van der Waals surface area contributed by atoms with Gasteiger partial charge in [-0.2, -0.15) is 13.2 Å². The van der Waals surface area contributed by atoms with Crippen molar-refractivity contribution >= 4 is 29.3 Å². The van der Waals surface area contributed by atoms with Crippen LogP contribution < -0.4 is 5.32 Å². The quantitative estimate of drug-likeness (QED) is 0.461. The van der Waals surface area contributed by atoms with E-state index in [2.05, 4.69) is 5.32 Å². The molecule has 4 rings (SSSR count). The molecule has 190 valence electrons. The van der Waals surface area contributed by atoms with Gasteiger partial charge >= 0.3 is 12.3 Å². The third-order valence-corrected chi connectivity index (χ3v) is 8.21. The number of carbonyl (C=O) groups excluding carboxylic acids is 1. The van der Waals surface area contributed by atoms with E-state index >= 15 is 0 Å². The molecule has 1 heterocycles. The standard InChI is InChI=1S/C26H29Cl2F3N2O2/c1-33(24(34)35-20-10-8-19(9-11-20)26(29,30)31)25(14-17-5-3-2-4-6-17)16-32-15-21(25)18-7-12-22(27)23(28)13-18/h2-7,12-13,19-21,32H,8-11,14-16H2,1H3/t19?,20?,21-,25+/m0/s1. The normalized spacial score (nSPS) is 27.0. The molecule has 1 saturated heterocycles. The Hall–Kier alpha value is -1.96. The summed E-state index contributed by atoms with van der Waals surface area (Å²) < 4.78 is 44.9. The Bertz CT molecular complexity index is 1030. The zero-order chi connectivity index (χ0) is 25.2. The molecular formula is C26H29Cl2F3N2O2. The number of hydrogen-bond acceptors (Lipinski definition) is 3. The van der Waals surface area contributed by atoms with Gasteiger partial charge in [-0.25, -0.2) is 4.79 Å². The van der Waals surface area contributed by atoms with Crippen LogP contribution in [0.5, 0.6) is 0 Å². The zero-order valence-corrected chi connectivity index (χ0v) is 21.0. The number of nitrogens with one attached hydrogen (secondary N) is 1. The molecule has 0 aromatic heterocycles. The first-order valence-electron chi connectivity index (χ1n) is 11.8. The third kappa shape index (κ3) is 5.73. The van der Waals surface area contributed by atoms with Crippen molar-refractivity contribution in [1.82, 2.24) is 10.2 Å². The number of rotatable bonds is 5. The highest BCUT2D eigenvalue weighted by atomic mass is 35.5. The SMILES string of the molecule is CN(C(=O)OC1CCC(C(F)(F)F)CC1)[C@]1(Cc2ccccc2)CNC[C@H]1c1ccc(Cl)c(Cl)c1. The van der Waals surface area contributed by atoms with E-state index in [0.717, 1.165) is 11.1 Å². The van der Waals surface area contributed by atoms with Crippen LogP contribution in [-0.4, -0.2) is 48.9 Å². The maximum Gasteiger partial charge on any atom is 0.410 e. The summed E-state index contributed by atoms with van der Waals surface area (Å²) in [6, 6.07) is 15.4. The molecule has 2 aliphatic rings. The van der Waals surface area contributed by atoms with Crippen LogP contribution in [0.25, 0.3) is 0 Å². The minimum absolute atomic E-state index is 0.0201. The molecule has 1 N–H and O–H groups in total. The van der Waals surface area contributed by atoms with Gasteiger partial charge in [-0.1, -0.05) is 59.6 Å². The lowest BCUT2D eigenvalue weighted by atomic mass is 9.76. The van der Waals surface area contributed by atoms with Gasteiger partial charge in [0, 0.05) is 26.1 Å². The lowest BCUT2D eigenvalue weighted by Crippen LogP contribution is -2.56. The average molecular weight is 529 g/mol. The molecule has 1 amide bonds. The molecule has 1 aliphatic carbocycles. The fourth-order valence-corrected chi connectivity index (χ4v) is 5.73. The highest BCUT2D eigenvalue weighted by molar-refractivity contribution is 6.42. The summed E-state index contributed by atoms with van der Waals surface area (Å²) in [6.07, 6.45) is -4.29.